The number of rotatable bonds is 2. The number of H-pyrrole nitrogens is 1. The Kier molecular flexibility index (Phi) is 2.19. The van der Waals surface area contributed by atoms with Gasteiger partial charge in [-0.1, -0.05) is 12.1 Å². The number of nitrogens with one attached hydrogen (secondary N) is 1. The Morgan fingerprint density at radius 1 is 1.24 bits per heavy atom. The zero-order valence-corrected chi connectivity index (χ0v) is 8.92. The second-order valence-electron chi connectivity index (χ2n) is 3.73. The smallest absolute Gasteiger partial charge is 0.150 e. The molecule has 1 aromatic carbocycles. The van der Waals surface area contributed by atoms with Crippen LogP contribution in [0.25, 0.3) is 22.2 Å². The van der Waals surface area contributed by atoms with Crippen LogP contribution in [0.15, 0.2) is 42.7 Å². The lowest BCUT2D eigenvalue weighted by molar-refractivity contribution is 0.112. The molecule has 3 aromatic rings. The van der Waals surface area contributed by atoms with Gasteiger partial charge in [0.25, 0.3) is 0 Å². The van der Waals surface area contributed by atoms with Crippen LogP contribution in [0.3, 0.4) is 0 Å². The number of hydrogen-bond acceptors (Lipinski definition) is 3. The van der Waals surface area contributed by atoms with E-state index in [1.54, 1.807) is 18.5 Å². The molecule has 0 aliphatic heterocycles. The van der Waals surface area contributed by atoms with Crippen molar-refractivity contribution in [2.45, 2.75) is 0 Å². The van der Waals surface area contributed by atoms with Crippen molar-refractivity contribution < 1.29 is 4.79 Å². The summed E-state index contributed by atoms with van der Waals surface area (Å²) in [5.41, 5.74) is 3.28. The Hall–Kier alpha value is -2.49. The Labute approximate surface area is 97.3 Å². The molecule has 0 fully saturated rings. The molecule has 2 aromatic heterocycles. The van der Waals surface area contributed by atoms with Crippen molar-refractivity contribution in [1.82, 2.24) is 15.2 Å². The number of nitrogens with zero attached hydrogens (tertiary/aromatic N) is 2. The molecule has 0 atom stereocenters. The first-order chi connectivity index (χ1) is 8.38. The molecular weight excluding hydrogens is 214 g/mol. The first-order valence-electron chi connectivity index (χ1n) is 5.22. The molecule has 0 amide bonds. The number of hydrogen-bond donors (Lipinski definition) is 1. The SMILES string of the molecule is O=Cc1cccc2ncc(-c3ccn[nH]3)cc12. The van der Waals surface area contributed by atoms with Crippen molar-refractivity contribution in [3.63, 3.8) is 0 Å². The number of aromatic nitrogens is 3. The number of aldehydes is 1. The van der Waals surface area contributed by atoms with Crippen molar-refractivity contribution in [3.05, 3.63) is 48.3 Å². The van der Waals surface area contributed by atoms with Crippen LogP contribution < -0.4 is 0 Å². The molecule has 0 aliphatic carbocycles. The minimum atomic E-state index is 0.649. The molecule has 4 heteroatoms. The number of aromatic amines is 1. The fourth-order valence-electron chi connectivity index (χ4n) is 1.84. The van der Waals surface area contributed by atoms with Gasteiger partial charge >= 0.3 is 0 Å². The van der Waals surface area contributed by atoms with Gasteiger partial charge in [0.2, 0.25) is 0 Å². The fourth-order valence-corrected chi connectivity index (χ4v) is 1.84. The number of carbonyl (C=O) groups excluding carboxylic acids is 1. The predicted octanol–water partition coefficient (Wildman–Crippen LogP) is 2.44. The average molecular weight is 223 g/mol. The highest BCUT2D eigenvalue weighted by Crippen LogP contribution is 2.22. The van der Waals surface area contributed by atoms with E-state index in [0.29, 0.717) is 5.56 Å². The Morgan fingerprint density at radius 3 is 2.94 bits per heavy atom. The number of carbonyl (C=O) groups is 1. The van der Waals surface area contributed by atoms with Gasteiger partial charge in [-0.15, -0.1) is 0 Å². The van der Waals surface area contributed by atoms with Crippen LogP contribution in [-0.4, -0.2) is 21.5 Å². The summed E-state index contributed by atoms with van der Waals surface area (Å²) >= 11 is 0. The lowest BCUT2D eigenvalue weighted by Crippen LogP contribution is -1.88. The summed E-state index contributed by atoms with van der Waals surface area (Å²) in [7, 11) is 0. The molecule has 0 unspecified atom stereocenters. The maximum atomic E-state index is 11.0. The van der Waals surface area contributed by atoms with Crippen molar-refractivity contribution in [2.75, 3.05) is 0 Å². The van der Waals surface area contributed by atoms with E-state index in [-0.39, 0.29) is 0 Å². The largest absolute Gasteiger partial charge is 0.298 e. The molecule has 0 saturated heterocycles. The molecule has 1 N–H and O–H groups in total. The third-order valence-corrected chi connectivity index (χ3v) is 2.70. The van der Waals surface area contributed by atoms with Crippen molar-refractivity contribution in [1.29, 1.82) is 0 Å². The second-order valence-corrected chi connectivity index (χ2v) is 3.73. The Morgan fingerprint density at radius 2 is 2.18 bits per heavy atom. The molecule has 0 radical (unpaired) electrons. The summed E-state index contributed by atoms with van der Waals surface area (Å²) in [6, 6.07) is 9.31. The van der Waals surface area contributed by atoms with Crippen LogP contribution in [0.1, 0.15) is 10.4 Å². The van der Waals surface area contributed by atoms with Crippen LogP contribution >= 0.6 is 0 Å². The standard InChI is InChI=1S/C13H9N3O/c17-8-9-2-1-3-13-11(9)6-10(7-14-13)12-4-5-15-16-12/h1-8H,(H,15,16). The van der Waals surface area contributed by atoms with Gasteiger partial charge in [-0.05, 0) is 18.2 Å². The molecular formula is C13H9N3O. The van der Waals surface area contributed by atoms with Gasteiger partial charge in [0.1, 0.15) is 0 Å². The monoisotopic (exact) mass is 223 g/mol. The van der Waals surface area contributed by atoms with E-state index in [4.69, 9.17) is 0 Å². The van der Waals surface area contributed by atoms with E-state index in [1.165, 1.54) is 0 Å². The van der Waals surface area contributed by atoms with E-state index < -0.39 is 0 Å². The Bertz CT molecular complexity index is 674. The molecule has 3 rings (SSSR count). The quantitative estimate of drug-likeness (QED) is 0.679. The summed E-state index contributed by atoms with van der Waals surface area (Å²) in [5.74, 6) is 0. The molecule has 82 valence electrons. The first kappa shape index (κ1) is 9.72. The van der Waals surface area contributed by atoms with E-state index >= 15 is 0 Å². The lowest BCUT2D eigenvalue weighted by Gasteiger charge is -2.02. The summed E-state index contributed by atoms with van der Waals surface area (Å²) in [4.78, 5) is 15.3. The molecule has 0 aliphatic rings. The van der Waals surface area contributed by atoms with Gasteiger partial charge < -0.3 is 0 Å². The van der Waals surface area contributed by atoms with Crippen LogP contribution in [0, 0.1) is 0 Å². The lowest BCUT2D eigenvalue weighted by atomic mass is 10.1. The van der Waals surface area contributed by atoms with E-state index in [0.717, 1.165) is 28.4 Å². The predicted molar refractivity (Wildman–Crippen MR) is 64.7 cm³/mol. The molecule has 0 bridgehead atoms. The first-order valence-corrected chi connectivity index (χ1v) is 5.22. The van der Waals surface area contributed by atoms with Gasteiger partial charge in [-0.3, -0.25) is 14.9 Å². The van der Waals surface area contributed by atoms with E-state index in [2.05, 4.69) is 15.2 Å². The van der Waals surface area contributed by atoms with Gasteiger partial charge in [0.15, 0.2) is 6.29 Å². The van der Waals surface area contributed by atoms with Gasteiger partial charge in [0.05, 0.1) is 11.2 Å². The average Bonchev–Trinajstić information content (AvgIpc) is 2.91. The summed E-state index contributed by atoms with van der Waals surface area (Å²) in [6.45, 7) is 0. The van der Waals surface area contributed by atoms with Crippen LogP contribution in [0.2, 0.25) is 0 Å². The molecule has 2 heterocycles. The maximum absolute atomic E-state index is 11.0. The zero-order valence-electron chi connectivity index (χ0n) is 8.92. The maximum Gasteiger partial charge on any atom is 0.150 e. The third-order valence-electron chi connectivity index (χ3n) is 2.70. The second kappa shape index (κ2) is 3.83. The van der Waals surface area contributed by atoms with Crippen LogP contribution in [0.4, 0.5) is 0 Å². The minimum Gasteiger partial charge on any atom is -0.298 e. The topological polar surface area (TPSA) is 58.6 Å². The van der Waals surface area contributed by atoms with Crippen molar-refractivity contribution in [3.8, 4) is 11.3 Å². The van der Waals surface area contributed by atoms with Crippen LogP contribution in [0.5, 0.6) is 0 Å². The summed E-state index contributed by atoms with van der Waals surface area (Å²) < 4.78 is 0. The van der Waals surface area contributed by atoms with E-state index in [1.807, 2.05) is 24.3 Å². The van der Waals surface area contributed by atoms with Gasteiger partial charge in [-0.2, -0.15) is 5.10 Å². The normalized spacial score (nSPS) is 10.6. The fraction of sp³-hybridized carbons (Fsp3) is 0. The van der Waals surface area contributed by atoms with Crippen molar-refractivity contribution >= 4 is 17.2 Å². The molecule has 4 nitrogen and oxygen atoms in total. The highest BCUT2D eigenvalue weighted by molar-refractivity contribution is 5.97. The number of fused-ring (bicyclic) bond motifs is 1. The third kappa shape index (κ3) is 1.59. The van der Waals surface area contributed by atoms with Crippen molar-refractivity contribution in [2.24, 2.45) is 0 Å². The molecule has 0 spiro atoms. The highest BCUT2D eigenvalue weighted by atomic mass is 16.1. The van der Waals surface area contributed by atoms with E-state index in [9.17, 15) is 4.79 Å². The van der Waals surface area contributed by atoms with Gasteiger partial charge in [0, 0.05) is 28.9 Å². The van der Waals surface area contributed by atoms with Gasteiger partial charge in [-0.25, -0.2) is 0 Å². The summed E-state index contributed by atoms with van der Waals surface area (Å²) in [5, 5.41) is 7.63. The minimum absolute atomic E-state index is 0.649. The number of pyridine rings is 1. The Balaban J connectivity index is 2.28. The zero-order chi connectivity index (χ0) is 11.7. The molecule has 17 heavy (non-hydrogen) atoms. The van der Waals surface area contributed by atoms with Crippen LogP contribution in [-0.2, 0) is 0 Å². The highest BCUT2D eigenvalue weighted by Gasteiger charge is 2.04. The number of benzene rings is 1. The molecule has 0 saturated carbocycles. The summed E-state index contributed by atoms with van der Waals surface area (Å²) in [6.07, 6.45) is 4.30.